The molecule has 0 unspecified atom stereocenters. The maximum absolute atomic E-state index is 5.78. The zero-order chi connectivity index (χ0) is 13.1. The van der Waals surface area contributed by atoms with Crippen LogP contribution in [0.4, 0.5) is 0 Å². The van der Waals surface area contributed by atoms with Crippen LogP contribution in [0.1, 0.15) is 25.7 Å². The first-order chi connectivity index (χ1) is 8.83. The molecule has 0 saturated heterocycles. The molecule has 0 aliphatic heterocycles. The van der Waals surface area contributed by atoms with Gasteiger partial charge in [-0.3, -0.25) is 0 Å². The largest absolute Gasteiger partial charge is 0.494 e. The summed E-state index contributed by atoms with van der Waals surface area (Å²) in [5, 5.41) is 0.725. The molecule has 18 heavy (non-hydrogen) atoms. The molecule has 1 rings (SSSR count). The third kappa shape index (κ3) is 7.54. The van der Waals surface area contributed by atoms with Gasteiger partial charge < -0.3 is 15.2 Å². The van der Waals surface area contributed by atoms with Crippen molar-refractivity contribution in [2.24, 2.45) is 5.73 Å². The van der Waals surface area contributed by atoms with Crippen molar-refractivity contribution in [2.75, 3.05) is 26.4 Å². The summed E-state index contributed by atoms with van der Waals surface area (Å²) in [7, 11) is 0. The first-order valence-corrected chi connectivity index (χ1v) is 6.87. The van der Waals surface area contributed by atoms with Crippen molar-refractivity contribution in [3.63, 3.8) is 0 Å². The molecule has 4 heteroatoms. The summed E-state index contributed by atoms with van der Waals surface area (Å²) < 4.78 is 11.0. The van der Waals surface area contributed by atoms with Crippen LogP contribution in [0.25, 0.3) is 0 Å². The maximum Gasteiger partial charge on any atom is 0.119 e. The van der Waals surface area contributed by atoms with E-state index < -0.39 is 0 Å². The van der Waals surface area contributed by atoms with E-state index in [0.29, 0.717) is 6.61 Å². The topological polar surface area (TPSA) is 44.5 Å². The van der Waals surface area contributed by atoms with Crippen molar-refractivity contribution in [1.29, 1.82) is 0 Å². The molecule has 0 aliphatic carbocycles. The number of ether oxygens (including phenoxy) is 2. The van der Waals surface area contributed by atoms with Crippen LogP contribution in [-0.4, -0.2) is 26.4 Å². The Labute approximate surface area is 114 Å². The Kier molecular flexibility index (Phi) is 8.65. The van der Waals surface area contributed by atoms with Gasteiger partial charge in [0.05, 0.1) is 6.61 Å². The molecule has 102 valence electrons. The fourth-order valence-corrected chi connectivity index (χ4v) is 1.64. The number of halogens is 1. The minimum Gasteiger partial charge on any atom is -0.494 e. The number of rotatable bonds is 10. The van der Waals surface area contributed by atoms with E-state index >= 15 is 0 Å². The van der Waals surface area contributed by atoms with Crippen LogP contribution in [0.5, 0.6) is 5.75 Å². The molecule has 0 atom stereocenters. The fraction of sp³-hybridized carbons (Fsp3) is 0.571. The first kappa shape index (κ1) is 15.3. The van der Waals surface area contributed by atoms with E-state index in [4.69, 9.17) is 26.8 Å². The van der Waals surface area contributed by atoms with Gasteiger partial charge >= 0.3 is 0 Å². The highest BCUT2D eigenvalue weighted by molar-refractivity contribution is 6.30. The van der Waals surface area contributed by atoms with Crippen molar-refractivity contribution < 1.29 is 9.47 Å². The average molecular weight is 272 g/mol. The summed E-state index contributed by atoms with van der Waals surface area (Å²) in [5.74, 6) is 0.849. The van der Waals surface area contributed by atoms with E-state index in [1.54, 1.807) is 0 Å². The standard InChI is InChI=1S/C14H22ClNO2/c15-13-5-7-14(8-6-13)18-12-4-11-17-10-3-1-2-9-16/h5-8H,1-4,9-12,16H2. The molecular formula is C14H22ClNO2. The van der Waals surface area contributed by atoms with Gasteiger partial charge in [0.15, 0.2) is 0 Å². The molecule has 2 N–H and O–H groups in total. The van der Waals surface area contributed by atoms with Gasteiger partial charge in [-0.25, -0.2) is 0 Å². The van der Waals surface area contributed by atoms with Gasteiger partial charge in [0.2, 0.25) is 0 Å². The molecule has 1 aromatic rings. The third-order valence-corrected chi connectivity index (χ3v) is 2.76. The van der Waals surface area contributed by atoms with Crippen molar-refractivity contribution in [3.8, 4) is 5.75 Å². The lowest BCUT2D eigenvalue weighted by atomic mass is 10.2. The molecule has 0 heterocycles. The van der Waals surface area contributed by atoms with E-state index in [-0.39, 0.29) is 0 Å². The summed E-state index contributed by atoms with van der Waals surface area (Å²) in [4.78, 5) is 0. The molecule has 0 aliphatic rings. The number of hydrogen-bond donors (Lipinski definition) is 1. The molecule has 0 saturated carbocycles. The van der Waals surface area contributed by atoms with Gasteiger partial charge in [0.1, 0.15) is 5.75 Å². The van der Waals surface area contributed by atoms with Crippen LogP contribution in [0, 0.1) is 0 Å². The number of unbranched alkanes of at least 4 members (excludes halogenated alkanes) is 2. The molecule has 1 aromatic carbocycles. The predicted molar refractivity (Wildman–Crippen MR) is 75.3 cm³/mol. The SMILES string of the molecule is NCCCCCOCCCOc1ccc(Cl)cc1. The van der Waals surface area contributed by atoms with Crippen LogP contribution < -0.4 is 10.5 Å². The number of hydrogen-bond acceptors (Lipinski definition) is 3. The van der Waals surface area contributed by atoms with E-state index in [1.165, 1.54) is 0 Å². The maximum atomic E-state index is 5.78. The summed E-state index contributed by atoms with van der Waals surface area (Å²) in [5.41, 5.74) is 5.41. The fourth-order valence-electron chi connectivity index (χ4n) is 1.51. The zero-order valence-corrected chi connectivity index (χ0v) is 11.5. The molecular weight excluding hydrogens is 250 g/mol. The number of nitrogens with two attached hydrogens (primary N) is 1. The Balaban J connectivity index is 1.91. The van der Waals surface area contributed by atoms with Crippen LogP contribution in [0.2, 0.25) is 5.02 Å². The van der Waals surface area contributed by atoms with Gasteiger partial charge in [0.25, 0.3) is 0 Å². The zero-order valence-electron chi connectivity index (χ0n) is 10.7. The highest BCUT2D eigenvalue weighted by Gasteiger charge is 1.94. The van der Waals surface area contributed by atoms with Gasteiger partial charge in [-0.05, 0) is 50.1 Å². The lowest BCUT2D eigenvalue weighted by molar-refractivity contribution is 0.116. The van der Waals surface area contributed by atoms with Gasteiger partial charge in [-0.1, -0.05) is 11.6 Å². The second-order valence-corrected chi connectivity index (χ2v) is 4.55. The molecule has 0 amide bonds. The van der Waals surface area contributed by atoms with Crippen LogP contribution >= 0.6 is 11.6 Å². The molecule has 0 spiro atoms. The molecule has 0 aromatic heterocycles. The Hall–Kier alpha value is -0.770. The Morgan fingerprint density at radius 2 is 1.61 bits per heavy atom. The van der Waals surface area contributed by atoms with Crippen molar-refractivity contribution >= 4 is 11.6 Å². The van der Waals surface area contributed by atoms with E-state index in [2.05, 4.69) is 0 Å². The van der Waals surface area contributed by atoms with Crippen molar-refractivity contribution in [3.05, 3.63) is 29.3 Å². The lowest BCUT2D eigenvalue weighted by Gasteiger charge is -2.07. The Bertz CT molecular complexity index is 303. The second-order valence-electron chi connectivity index (χ2n) is 4.12. The molecule has 0 fully saturated rings. The molecule has 3 nitrogen and oxygen atoms in total. The summed E-state index contributed by atoms with van der Waals surface area (Å²) in [6, 6.07) is 7.39. The van der Waals surface area contributed by atoms with E-state index in [0.717, 1.165) is 56.2 Å². The second kappa shape index (κ2) is 10.2. The van der Waals surface area contributed by atoms with Crippen LogP contribution in [0.3, 0.4) is 0 Å². The summed E-state index contributed by atoms with van der Waals surface area (Å²) in [6.45, 7) is 3.01. The summed E-state index contributed by atoms with van der Waals surface area (Å²) >= 11 is 5.78. The van der Waals surface area contributed by atoms with Crippen LogP contribution in [-0.2, 0) is 4.74 Å². The van der Waals surface area contributed by atoms with Crippen molar-refractivity contribution in [2.45, 2.75) is 25.7 Å². The number of benzene rings is 1. The van der Waals surface area contributed by atoms with Crippen molar-refractivity contribution in [1.82, 2.24) is 0 Å². The smallest absolute Gasteiger partial charge is 0.119 e. The summed E-state index contributed by atoms with van der Waals surface area (Å²) in [6.07, 6.45) is 4.23. The van der Waals surface area contributed by atoms with Crippen LogP contribution in [0.15, 0.2) is 24.3 Å². The molecule has 0 radical (unpaired) electrons. The van der Waals surface area contributed by atoms with E-state index in [9.17, 15) is 0 Å². The van der Waals surface area contributed by atoms with Gasteiger partial charge in [-0.2, -0.15) is 0 Å². The average Bonchev–Trinajstić information content (AvgIpc) is 2.39. The van der Waals surface area contributed by atoms with Gasteiger partial charge in [0, 0.05) is 24.7 Å². The Morgan fingerprint density at radius 3 is 2.33 bits per heavy atom. The minimum atomic E-state index is 0.671. The highest BCUT2D eigenvalue weighted by Crippen LogP contribution is 2.15. The first-order valence-electron chi connectivity index (χ1n) is 6.49. The predicted octanol–water partition coefficient (Wildman–Crippen LogP) is 3.25. The Morgan fingerprint density at radius 1 is 0.889 bits per heavy atom. The third-order valence-electron chi connectivity index (χ3n) is 2.51. The normalized spacial score (nSPS) is 10.6. The monoisotopic (exact) mass is 271 g/mol. The lowest BCUT2D eigenvalue weighted by Crippen LogP contribution is -2.04. The highest BCUT2D eigenvalue weighted by atomic mass is 35.5. The quantitative estimate of drug-likeness (QED) is 0.665. The van der Waals surface area contributed by atoms with E-state index in [1.807, 2.05) is 24.3 Å². The minimum absolute atomic E-state index is 0.671. The van der Waals surface area contributed by atoms with Gasteiger partial charge in [-0.15, -0.1) is 0 Å². The molecule has 0 bridgehead atoms.